The number of halogens is 1. The second-order valence-electron chi connectivity index (χ2n) is 4.45. The van der Waals surface area contributed by atoms with E-state index in [0.29, 0.717) is 6.54 Å². The van der Waals surface area contributed by atoms with E-state index in [1.54, 1.807) is 0 Å². The van der Waals surface area contributed by atoms with Gasteiger partial charge in [0.2, 0.25) is 0 Å². The molecule has 1 saturated heterocycles. The summed E-state index contributed by atoms with van der Waals surface area (Å²) >= 11 is 0. The third kappa shape index (κ3) is 3.20. The molecule has 0 aliphatic carbocycles. The van der Waals surface area contributed by atoms with Crippen molar-refractivity contribution in [2.45, 2.75) is 25.2 Å². The van der Waals surface area contributed by atoms with E-state index >= 15 is 0 Å². The fourth-order valence-electron chi connectivity index (χ4n) is 1.93. The topological polar surface area (TPSA) is 55.6 Å². The summed E-state index contributed by atoms with van der Waals surface area (Å²) in [6.45, 7) is 0.807. The Kier molecular flexibility index (Phi) is 4.15. The van der Waals surface area contributed by atoms with E-state index in [9.17, 15) is 9.18 Å². The number of amides is 1. The van der Waals surface area contributed by atoms with Crippen molar-refractivity contribution < 1.29 is 13.9 Å². The zero-order valence-electron chi connectivity index (χ0n) is 10.1. The number of carbonyl (C=O) groups is 1. The summed E-state index contributed by atoms with van der Waals surface area (Å²) in [6, 6.07) is 8.82. The van der Waals surface area contributed by atoms with Crippen LogP contribution in [0.2, 0.25) is 0 Å². The van der Waals surface area contributed by atoms with Crippen molar-refractivity contribution in [3.05, 3.63) is 35.9 Å². The molecule has 0 saturated carbocycles. The molecule has 2 atom stereocenters. The SMILES string of the molecule is N[C@H]1CN(C(=O)OCc2ccccc2)CC[C@@H]1F. The molecule has 98 valence electrons. The van der Waals surface area contributed by atoms with Gasteiger partial charge in [-0.3, -0.25) is 0 Å². The first-order valence-electron chi connectivity index (χ1n) is 6.02. The number of piperidine rings is 1. The van der Waals surface area contributed by atoms with Crippen molar-refractivity contribution in [2.24, 2.45) is 5.73 Å². The van der Waals surface area contributed by atoms with Gasteiger partial charge in [0.05, 0.1) is 6.04 Å². The first kappa shape index (κ1) is 12.8. The van der Waals surface area contributed by atoms with Crippen molar-refractivity contribution in [3.63, 3.8) is 0 Å². The first-order chi connectivity index (χ1) is 8.66. The van der Waals surface area contributed by atoms with Gasteiger partial charge >= 0.3 is 6.09 Å². The zero-order chi connectivity index (χ0) is 13.0. The Morgan fingerprint density at radius 1 is 1.44 bits per heavy atom. The lowest BCUT2D eigenvalue weighted by Gasteiger charge is -2.32. The van der Waals surface area contributed by atoms with Gasteiger partial charge in [0.25, 0.3) is 0 Å². The summed E-state index contributed by atoms with van der Waals surface area (Å²) in [6.07, 6.45) is -1.17. The van der Waals surface area contributed by atoms with Gasteiger partial charge in [0, 0.05) is 13.1 Å². The van der Waals surface area contributed by atoms with Crippen molar-refractivity contribution >= 4 is 6.09 Å². The summed E-state index contributed by atoms with van der Waals surface area (Å²) in [5, 5.41) is 0. The van der Waals surface area contributed by atoms with Crippen LogP contribution in [0, 0.1) is 0 Å². The minimum Gasteiger partial charge on any atom is -0.445 e. The van der Waals surface area contributed by atoms with Gasteiger partial charge in [0.1, 0.15) is 12.8 Å². The molecule has 1 amide bonds. The molecule has 1 aromatic carbocycles. The predicted molar refractivity (Wildman–Crippen MR) is 65.7 cm³/mol. The molecule has 0 unspecified atom stereocenters. The Labute approximate surface area is 106 Å². The van der Waals surface area contributed by atoms with E-state index in [4.69, 9.17) is 10.5 Å². The average molecular weight is 252 g/mol. The highest BCUT2D eigenvalue weighted by atomic mass is 19.1. The van der Waals surface area contributed by atoms with Crippen molar-refractivity contribution in [1.82, 2.24) is 4.90 Å². The molecular formula is C13H17FN2O2. The minimum atomic E-state index is -1.02. The molecule has 18 heavy (non-hydrogen) atoms. The molecule has 1 heterocycles. The van der Waals surface area contributed by atoms with Gasteiger partial charge in [-0.1, -0.05) is 30.3 Å². The normalized spacial score (nSPS) is 23.8. The van der Waals surface area contributed by atoms with Gasteiger partial charge in [-0.25, -0.2) is 9.18 Å². The van der Waals surface area contributed by atoms with E-state index in [2.05, 4.69) is 0 Å². The highest BCUT2D eigenvalue weighted by molar-refractivity contribution is 5.67. The third-order valence-electron chi connectivity index (χ3n) is 3.03. The highest BCUT2D eigenvalue weighted by Gasteiger charge is 2.29. The van der Waals surface area contributed by atoms with Crippen LogP contribution in [0.1, 0.15) is 12.0 Å². The highest BCUT2D eigenvalue weighted by Crippen LogP contribution is 2.14. The maximum absolute atomic E-state index is 13.2. The number of ether oxygens (including phenoxy) is 1. The largest absolute Gasteiger partial charge is 0.445 e. The monoisotopic (exact) mass is 252 g/mol. The van der Waals surface area contributed by atoms with Crippen LogP contribution in [0.15, 0.2) is 30.3 Å². The summed E-state index contributed by atoms with van der Waals surface area (Å²) in [7, 11) is 0. The Hall–Kier alpha value is -1.62. The van der Waals surface area contributed by atoms with Crippen molar-refractivity contribution in [2.75, 3.05) is 13.1 Å². The second-order valence-corrected chi connectivity index (χ2v) is 4.45. The lowest BCUT2D eigenvalue weighted by molar-refractivity contribution is 0.0703. The fraction of sp³-hybridized carbons (Fsp3) is 0.462. The molecule has 0 spiro atoms. The van der Waals surface area contributed by atoms with Crippen LogP contribution in [0.3, 0.4) is 0 Å². The van der Waals surface area contributed by atoms with Crippen LogP contribution in [0.4, 0.5) is 9.18 Å². The molecule has 2 rings (SSSR count). The Morgan fingerprint density at radius 3 is 2.83 bits per heavy atom. The van der Waals surface area contributed by atoms with Crippen molar-refractivity contribution in [1.29, 1.82) is 0 Å². The van der Waals surface area contributed by atoms with E-state index < -0.39 is 18.3 Å². The van der Waals surface area contributed by atoms with Crippen LogP contribution < -0.4 is 5.73 Å². The Bertz CT molecular complexity index is 399. The van der Waals surface area contributed by atoms with Crippen LogP contribution in [-0.4, -0.2) is 36.3 Å². The van der Waals surface area contributed by atoms with Gasteiger partial charge in [0.15, 0.2) is 0 Å². The van der Waals surface area contributed by atoms with Crippen LogP contribution in [-0.2, 0) is 11.3 Å². The van der Waals surface area contributed by atoms with E-state index in [0.717, 1.165) is 5.56 Å². The lowest BCUT2D eigenvalue weighted by Crippen LogP contribution is -2.51. The smallest absolute Gasteiger partial charge is 0.410 e. The average Bonchev–Trinajstić information content (AvgIpc) is 2.40. The molecule has 4 nitrogen and oxygen atoms in total. The quantitative estimate of drug-likeness (QED) is 0.871. The number of nitrogens with zero attached hydrogens (tertiary/aromatic N) is 1. The first-order valence-corrected chi connectivity index (χ1v) is 6.02. The molecule has 1 fully saturated rings. The molecular weight excluding hydrogens is 235 g/mol. The number of alkyl halides is 1. The van der Waals surface area contributed by atoms with Crippen LogP contribution in [0.25, 0.3) is 0 Å². The van der Waals surface area contributed by atoms with Crippen molar-refractivity contribution in [3.8, 4) is 0 Å². The minimum absolute atomic E-state index is 0.217. The molecule has 1 aliphatic rings. The molecule has 0 radical (unpaired) electrons. The summed E-state index contributed by atoms with van der Waals surface area (Å²) < 4.78 is 18.3. The number of likely N-dealkylation sites (tertiary alicyclic amines) is 1. The van der Waals surface area contributed by atoms with Crippen LogP contribution >= 0.6 is 0 Å². The maximum Gasteiger partial charge on any atom is 0.410 e. The molecule has 1 aliphatic heterocycles. The predicted octanol–water partition coefficient (Wildman–Crippen LogP) is 1.69. The molecule has 1 aromatic rings. The fourth-order valence-corrected chi connectivity index (χ4v) is 1.93. The zero-order valence-corrected chi connectivity index (χ0v) is 10.1. The number of benzene rings is 1. The molecule has 2 N–H and O–H groups in total. The number of carbonyl (C=O) groups excluding carboxylic acids is 1. The number of hydrogen-bond donors (Lipinski definition) is 1. The summed E-state index contributed by atoms with van der Waals surface area (Å²) in [5.74, 6) is 0. The van der Waals surface area contributed by atoms with Gasteiger partial charge in [-0.15, -0.1) is 0 Å². The number of rotatable bonds is 2. The molecule has 0 bridgehead atoms. The molecule has 0 aromatic heterocycles. The maximum atomic E-state index is 13.2. The lowest BCUT2D eigenvalue weighted by atomic mass is 10.1. The Balaban J connectivity index is 1.82. The van der Waals surface area contributed by atoms with Gasteiger partial charge in [-0.05, 0) is 12.0 Å². The van der Waals surface area contributed by atoms with Crippen LogP contribution in [0.5, 0.6) is 0 Å². The number of hydrogen-bond acceptors (Lipinski definition) is 3. The standard InChI is InChI=1S/C13H17FN2O2/c14-11-6-7-16(8-12(11)15)13(17)18-9-10-4-2-1-3-5-10/h1-5,11-12H,6-9,15H2/t11-,12-/m0/s1. The summed E-state index contributed by atoms with van der Waals surface area (Å²) in [4.78, 5) is 13.2. The van der Waals surface area contributed by atoms with E-state index in [1.807, 2.05) is 30.3 Å². The molecule has 5 heteroatoms. The van der Waals surface area contributed by atoms with Gasteiger partial charge in [-0.2, -0.15) is 0 Å². The van der Waals surface area contributed by atoms with E-state index in [-0.39, 0.29) is 19.6 Å². The second kappa shape index (κ2) is 5.82. The van der Waals surface area contributed by atoms with Gasteiger partial charge < -0.3 is 15.4 Å². The number of nitrogens with two attached hydrogens (primary N) is 1. The van der Waals surface area contributed by atoms with E-state index in [1.165, 1.54) is 4.90 Å². The summed E-state index contributed by atoms with van der Waals surface area (Å²) in [5.41, 5.74) is 6.52. The Morgan fingerprint density at radius 2 is 2.17 bits per heavy atom. The third-order valence-corrected chi connectivity index (χ3v) is 3.03.